The summed E-state index contributed by atoms with van der Waals surface area (Å²) in [5.74, 6) is 1.45. The predicted molar refractivity (Wildman–Crippen MR) is 117 cm³/mol. The second kappa shape index (κ2) is 9.75. The summed E-state index contributed by atoms with van der Waals surface area (Å²) in [6, 6.07) is 4.14. The Morgan fingerprint density at radius 1 is 1.38 bits per heavy atom. The zero-order chi connectivity index (χ0) is 21.0. The third kappa shape index (κ3) is 5.39. The second-order valence-electron chi connectivity index (χ2n) is 7.79. The lowest BCUT2D eigenvalue weighted by Gasteiger charge is -2.35. The summed E-state index contributed by atoms with van der Waals surface area (Å²) < 4.78 is 1.89. The summed E-state index contributed by atoms with van der Waals surface area (Å²) in [5, 5.41) is 14.1. The van der Waals surface area contributed by atoms with Crippen LogP contribution in [0.3, 0.4) is 0 Å². The van der Waals surface area contributed by atoms with Gasteiger partial charge >= 0.3 is 0 Å². The van der Waals surface area contributed by atoms with Gasteiger partial charge in [-0.15, -0.1) is 21.5 Å². The van der Waals surface area contributed by atoms with Crippen molar-refractivity contribution in [2.75, 3.05) is 0 Å². The fourth-order valence-corrected chi connectivity index (χ4v) is 5.29. The lowest BCUT2D eigenvalue weighted by atomic mass is 9.78. The zero-order valence-electron chi connectivity index (χ0n) is 17.1. The Kier molecular flexibility index (Phi) is 7.34. The molecule has 3 rings (SSSR count). The van der Waals surface area contributed by atoms with Crippen LogP contribution in [0.2, 0.25) is 0 Å². The van der Waals surface area contributed by atoms with Gasteiger partial charge in [0.2, 0.25) is 11.8 Å². The molecule has 0 radical (unpaired) electrons. The lowest BCUT2D eigenvalue weighted by molar-refractivity contribution is -0.122. The smallest absolute Gasteiger partial charge is 0.233 e. The van der Waals surface area contributed by atoms with E-state index in [1.54, 1.807) is 11.3 Å². The summed E-state index contributed by atoms with van der Waals surface area (Å²) in [6.07, 6.45) is 3.61. The monoisotopic (exact) mass is 435 g/mol. The third-order valence-corrected chi connectivity index (χ3v) is 7.67. The first-order chi connectivity index (χ1) is 13.9. The molecule has 2 aromatic heterocycles. The number of hydrogen-bond donors (Lipinski definition) is 2. The Labute approximate surface area is 179 Å². The summed E-state index contributed by atoms with van der Waals surface area (Å²) >= 11 is 2.93. The number of primary amides is 1. The van der Waals surface area contributed by atoms with Crippen molar-refractivity contribution in [3.63, 3.8) is 0 Å². The average Bonchev–Trinajstić information content (AvgIpc) is 3.33. The van der Waals surface area contributed by atoms with Gasteiger partial charge in [-0.2, -0.15) is 0 Å². The van der Waals surface area contributed by atoms with E-state index in [9.17, 15) is 9.59 Å². The van der Waals surface area contributed by atoms with E-state index < -0.39 is 0 Å². The molecule has 3 N–H and O–H groups in total. The van der Waals surface area contributed by atoms with Crippen LogP contribution in [0.25, 0.3) is 10.7 Å². The van der Waals surface area contributed by atoms with Crippen molar-refractivity contribution in [3.05, 3.63) is 17.5 Å². The van der Waals surface area contributed by atoms with Gasteiger partial charge in [-0.05, 0) is 36.6 Å². The normalized spacial score (nSPS) is 22.9. The molecule has 0 spiro atoms. The molecule has 2 heterocycles. The minimum absolute atomic E-state index is 0.0167. The number of rotatable bonds is 8. The number of nitrogens with zero attached hydrogens (tertiary/aromatic N) is 3. The highest BCUT2D eigenvalue weighted by molar-refractivity contribution is 8.00. The number of amides is 2. The Balaban J connectivity index is 1.71. The van der Waals surface area contributed by atoms with Gasteiger partial charge in [-0.1, -0.05) is 44.5 Å². The minimum Gasteiger partial charge on any atom is -0.370 e. The Morgan fingerprint density at radius 2 is 2.17 bits per heavy atom. The minimum atomic E-state index is -0.377. The molecular formula is C20H29N5O2S2. The van der Waals surface area contributed by atoms with E-state index in [2.05, 4.69) is 29.4 Å². The highest BCUT2D eigenvalue weighted by atomic mass is 32.2. The number of nitrogens with two attached hydrogens (primary N) is 1. The largest absolute Gasteiger partial charge is 0.370 e. The van der Waals surface area contributed by atoms with E-state index in [0.717, 1.165) is 17.7 Å². The fourth-order valence-electron chi connectivity index (χ4n) is 3.68. The average molecular weight is 436 g/mol. The number of carbonyl (C=O) groups is 2. The van der Waals surface area contributed by atoms with Crippen LogP contribution < -0.4 is 11.1 Å². The Bertz CT molecular complexity index is 836. The maximum atomic E-state index is 12.8. The summed E-state index contributed by atoms with van der Waals surface area (Å²) in [6.45, 7) is 6.76. The summed E-state index contributed by atoms with van der Waals surface area (Å²) in [7, 11) is 0. The number of aromatic nitrogens is 3. The van der Waals surface area contributed by atoms with E-state index in [1.807, 2.05) is 29.0 Å². The third-order valence-electron chi connectivity index (χ3n) is 5.73. The first-order valence-corrected chi connectivity index (χ1v) is 11.8. The van der Waals surface area contributed by atoms with Gasteiger partial charge in [0.25, 0.3) is 0 Å². The molecular weight excluding hydrogens is 406 g/mol. The molecule has 1 saturated carbocycles. The van der Waals surface area contributed by atoms with Crippen molar-refractivity contribution in [2.24, 2.45) is 17.6 Å². The molecule has 1 aliphatic rings. The van der Waals surface area contributed by atoms with Crippen LogP contribution in [0, 0.1) is 11.8 Å². The van der Waals surface area contributed by atoms with Gasteiger partial charge in [0.1, 0.15) is 0 Å². The molecule has 0 bridgehead atoms. The molecule has 9 heteroatoms. The topological polar surface area (TPSA) is 103 Å². The Morgan fingerprint density at radius 3 is 2.86 bits per heavy atom. The standard InChI is InChI=1S/C20H29N5O2S2/c1-12-6-4-7-15(13(12)2)22-19(27)14(3)29-20-24-23-18(16-8-5-11-28-16)25(20)10-9-17(21)26/h5,8,11-15H,4,6-7,9-10H2,1-3H3,(H2,21,26)(H,22,27). The lowest BCUT2D eigenvalue weighted by Crippen LogP contribution is -2.46. The molecule has 4 unspecified atom stereocenters. The van der Waals surface area contributed by atoms with E-state index in [4.69, 9.17) is 5.73 Å². The molecule has 2 amide bonds. The van der Waals surface area contributed by atoms with Crippen LogP contribution in [-0.2, 0) is 16.1 Å². The molecule has 158 valence electrons. The molecule has 0 aromatic carbocycles. The van der Waals surface area contributed by atoms with Crippen molar-refractivity contribution in [3.8, 4) is 10.7 Å². The van der Waals surface area contributed by atoms with Gasteiger partial charge < -0.3 is 15.6 Å². The molecule has 0 aliphatic heterocycles. The van der Waals surface area contributed by atoms with Crippen LogP contribution in [0.5, 0.6) is 0 Å². The summed E-state index contributed by atoms with van der Waals surface area (Å²) in [4.78, 5) is 25.1. The molecule has 0 saturated heterocycles. The SMILES string of the molecule is CC(Sc1nnc(-c2cccs2)n1CCC(N)=O)C(=O)NC1CCCC(C)C1C. The number of carbonyl (C=O) groups excluding carboxylic acids is 2. The number of hydrogen-bond acceptors (Lipinski definition) is 6. The Hall–Kier alpha value is -1.87. The van der Waals surface area contributed by atoms with Gasteiger partial charge in [-0.25, -0.2) is 0 Å². The van der Waals surface area contributed by atoms with E-state index in [0.29, 0.717) is 29.4 Å². The van der Waals surface area contributed by atoms with Crippen molar-refractivity contribution in [2.45, 2.75) is 69.4 Å². The van der Waals surface area contributed by atoms with E-state index >= 15 is 0 Å². The van der Waals surface area contributed by atoms with Crippen molar-refractivity contribution in [1.29, 1.82) is 0 Å². The van der Waals surface area contributed by atoms with Gasteiger partial charge in [-0.3, -0.25) is 9.59 Å². The van der Waals surface area contributed by atoms with Crippen LogP contribution in [-0.4, -0.2) is 37.9 Å². The number of thiophene rings is 1. The predicted octanol–water partition coefficient (Wildman–Crippen LogP) is 3.30. The van der Waals surface area contributed by atoms with Crippen LogP contribution in [0.15, 0.2) is 22.7 Å². The molecule has 4 atom stereocenters. The zero-order valence-corrected chi connectivity index (χ0v) is 18.8. The molecule has 29 heavy (non-hydrogen) atoms. The van der Waals surface area contributed by atoms with Crippen molar-refractivity contribution < 1.29 is 9.59 Å². The maximum absolute atomic E-state index is 12.8. The van der Waals surface area contributed by atoms with Crippen molar-refractivity contribution >= 4 is 34.9 Å². The van der Waals surface area contributed by atoms with Crippen LogP contribution in [0.4, 0.5) is 0 Å². The van der Waals surface area contributed by atoms with Crippen LogP contribution in [0.1, 0.15) is 46.5 Å². The van der Waals surface area contributed by atoms with Gasteiger partial charge in [0, 0.05) is 19.0 Å². The fraction of sp³-hybridized carbons (Fsp3) is 0.600. The highest BCUT2D eigenvalue weighted by Gasteiger charge is 2.30. The van der Waals surface area contributed by atoms with Gasteiger partial charge in [0.05, 0.1) is 10.1 Å². The van der Waals surface area contributed by atoms with E-state index in [1.165, 1.54) is 18.2 Å². The quantitative estimate of drug-likeness (QED) is 0.619. The van der Waals surface area contributed by atoms with Gasteiger partial charge in [0.15, 0.2) is 11.0 Å². The first-order valence-electron chi connectivity index (χ1n) is 10.1. The molecule has 1 fully saturated rings. The number of thioether (sulfide) groups is 1. The highest BCUT2D eigenvalue weighted by Crippen LogP contribution is 2.31. The second-order valence-corrected chi connectivity index (χ2v) is 10.0. The van der Waals surface area contributed by atoms with Crippen molar-refractivity contribution in [1.82, 2.24) is 20.1 Å². The maximum Gasteiger partial charge on any atom is 0.233 e. The van der Waals surface area contributed by atoms with E-state index in [-0.39, 0.29) is 29.5 Å². The molecule has 1 aliphatic carbocycles. The number of nitrogens with one attached hydrogen (secondary N) is 1. The molecule has 2 aromatic rings. The first kappa shape index (κ1) is 21.8. The summed E-state index contributed by atoms with van der Waals surface area (Å²) in [5.41, 5.74) is 5.34. The van der Waals surface area contributed by atoms with Crippen LogP contribution >= 0.6 is 23.1 Å². The molecule has 7 nitrogen and oxygen atoms in total.